The average Bonchev–Trinajstić information content (AvgIpc) is 3.22. The predicted molar refractivity (Wildman–Crippen MR) is 114 cm³/mol. The van der Waals surface area contributed by atoms with E-state index in [1.165, 1.54) is 0 Å². The van der Waals surface area contributed by atoms with E-state index in [0.29, 0.717) is 6.73 Å². The third-order valence-corrected chi connectivity index (χ3v) is 6.77. The Hall–Kier alpha value is -1.77. The van der Waals surface area contributed by atoms with Crippen LogP contribution in [-0.4, -0.2) is 47.3 Å². The molecule has 2 heterocycles. The zero-order chi connectivity index (χ0) is 19.4. The van der Waals surface area contributed by atoms with Crippen LogP contribution in [0.25, 0.3) is 22.6 Å². The average molecular weight is 405 g/mol. The Balaban J connectivity index is 1.92. The number of nitrogens with one attached hydrogen (secondary N) is 1. The van der Waals surface area contributed by atoms with Gasteiger partial charge in [-0.25, -0.2) is 4.98 Å². The zero-order valence-corrected chi connectivity index (χ0v) is 18.5. The van der Waals surface area contributed by atoms with Crippen LogP contribution in [0.15, 0.2) is 29.3 Å². The number of benzene rings is 1. The molecule has 0 atom stereocenters. The maximum absolute atomic E-state index is 6.02. The van der Waals surface area contributed by atoms with E-state index in [0.717, 1.165) is 51.7 Å². The predicted octanol–water partition coefficient (Wildman–Crippen LogP) is 4.86. The summed E-state index contributed by atoms with van der Waals surface area (Å²) in [6, 6.07) is 9.12. The fraction of sp³-hybridized carbons (Fsp3) is 0.474. The molecule has 0 spiro atoms. The molecule has 3 aromatic rings. The summed E-state index contributed by atoms with van der Waals surface area (Å²) in [4.78, 5) is 4.81. The molecule has 27 heavy (non-hydrogen) atoms. The van der Waals surface area contributed by atoms with Gasteiger partial charge in [0.1, 0.15) is 18.2 Å². The first-order chi connectivity index (χ1) is 12.9. The summed E-state index contributed by atoms with van der Waals surface area (Å²) in [5.74, 6) is 2.60. The minimum absolute atomic E-state index is 0.464. The van der Waals surface area contributed by atoms with E-state index in [1.54, 1.807) is 18.9 Å². The zero-order valence-electron chi connectivity index (χ0n) is 16.7. The molecule has 0 radical (unpaired) electrons. The van der Waals surface area contributed by atoms with Gasteiger partial charge in [-0.2, -0.15) is 5.10 Å². The second kappa shape index (κ2) is 8.49. The fourth-order valence-electron chi connectivity index (χ4n) is 2.75. The number of thioether (sulfide) groups is 1. The fourth-order valence-corrected chi connectivity index (χ4v) is 4.12. The maximum atomic E-state index is 6.02. The third kappa shape index (κ3) is 4.94. The lowest BCUT2D eigenvalue weighted by Crippen LogP contribution is -2.22. The van der Waals surface area contributed by atoms with Gasteiger partial charge < -0.3 is 9.47 Å². The van der Waals surface area contributed by atoms with Gasteiger partial charge >= 0.3 is 0 Å². The molecule has 0 aliphatic rings. The summed E-state index contributed by atoms with van der Waals surface area (Å²) in [6.45, 7) is 10.4. The van der Waals surface area contributed by atoms with E-state index < -0.39 is 8.07 Å². The van der Waals surface area contributed by atoms with Crippen molar-refractivity contribution in [3.8, 4) is 17.3 Å². The van der Waals surface area contributed by atoms with Gasteiger partial charge in [0.05, 0.1) is 23.2 Å². The highest BCUT2D eigenvalue weighted by molar-refractivity contribution is 7.99. The number of hydrogen-bond donors (Lipinski definition) is 1. The largest absolute Gasteiger partial charge is 0.497 e. The molecule has 6 nitrogen and oxygen atoms in total. The molecule has 0 saturated carbocycles. The number of aromatic amines is 1. The minimum Gasteiger partial charge on any atom is -0.497 e. The number of fused-ring (bicyclic) bond motifs is 1. The Morgan fingerprint density at radius 2 is 2.04 bits per heavy atom. The van der Waals surface area contributed by atoms with E-state index in [-0.39, 0.29) is 0 Å². The molecule has 0 fully saturated rings. The molecule has 1 aromatic carbocycles. The van der Waals surface area contributed by atoms with Crippen molar-refractivity contribution in [1.82, 2.24) is 19.7 Å². The number of methoxy groups -OCH3 is 1. The first kappa shape index (κ1) is 20.0. The van der Waals surface area contributed by atoms with Crippen molar-refractivity contribution in [2.75, 3.05) is 19.5 Å². The molecule has 0 unspecified atom stereocenters. The standard InChI is InChI=1S/C19H28N4O2SSi/c1-6-26-18-12-16(21-22-18)19-20-15-11-14(24-2)7-8-17(15)23(19)13-25-9-10-27(3,4)5/h7-8,11-12H,6,9-10,13H2,1-5H3,(H,21,22). The Labute approximate surface area is 165 Å². The van der Waals surface area contributed by atoms with Crippen LogP contribution in [0.1, 0.15) is 6.92 Å². The molecule has 0 aliphatic heterocycles. The van der Waals surface area contributed by atoms with Gasteiger partial charge in [0.15, 0.2) is 5.82 Å². The van der Waals surface area contributed by atoms with Gasteiger partial charge in [-0.3, -0.25) is 9.67 Å². The van der Waals surface area contributed by atoms with Crippen LogP contribution in [-0.2, 0) is 11.5 Å². The first-order valence-corrected chi connectivity index (χ1v) is 13.9. The quantitative estimate of drug-likeness (QED) is 0.313. The van der Waals surface area contributed by atoms with Gasteiger partial charge in [0.2, 0.25) is 0 Å². The number of ether oxygens (including phenoxy) is 2. The smallest absolute Gasteiger partial charge is 0.163 e. The first-order valence-electron chi connectivity index (χ1n) is 9.22. The highest BCUT2D eigenvalue weighted by atomic mass is 32.2. The number of rotatable bonds is 9. The Morgan fingerprint density at radius 3 is 2.74 bits per heavy atom. The van der Waals surface area contributed by atoms with Crippen LogP contribution >= 0.6 is 11.8 Å². The Kier molecular flexibility index (Phi) is 6.28. The molecule has 146 valence electrons. The topological polar surface area (TPSA) is 65.0 Å². The van der Waals surface area contributed by atoms with E-state index in [2.05, 4.69) is 41.3 Å². The Morgan fingerprint density at radius 1 is 1.22 bits per heavy atom. The van der Waals surface area contributed by atoms with Gasteiger partial charge in [0.25, 0.3) is 0 Å². The SMILES string of the molecule is CCSc1cc(-c2nc3cc(OC)ccc3n2COCC[Si](C)(C)C)n[nH]1. The van der Waals surface area contributed by atoms with E-state index >= 15 is 0 Å². The normalized spacial score (nSPS) is 12.0. The lowest BCUT2D eigenvalue weighted by molar-refractivity contribution is 0.0909. The summed E-state index contributed by atoms with van der Waals surface area (Å²) in [5, 5.41) is 8.59. The van der Waals surface area contributed by atoms with Crippen molar-refractivity contribution in [2.24, 2.45) is 0 Å². The molecular weight excluding hydrogens is 376 g/mol. The van der Waals surface area contributed by atoms with Crippen molar-refractivity contribution in [3.05, 3.63) is 24.3 Å². The molecule has 0 bridgehead atoms. The summed E-state index contributed by atoms with van der Waals surface area (Å²) < 4.78 is 13.5. The van der Waals surface area contributed by atoms with Crippen molar-refractivity contribution < 1.29 is 9.47 Å². The van der Waals surface area contributed by atoms with Gasteiger partial charge in [-0.15, -0.1) is 11.8 Å². The molecule has 0 aliphatic carbocycles. The van der Waals surface area contributed by atoms with Crippen molar-refractivity contribution >= 4 is 30.9 Å². The number of imidazole rings is 1. The van der Waals surface area contributed by atoms with Crippen molar-refractivity contribution in [1.29, 1.82) is 0 Å². The molecule has 8 heteroatoms. The minimum atomic E-state index is -1.12. The van der Waals surface area contributed by atoms with Crippen LogP contribution in [0.4, 0.5) is 0 Å². The van der Waals surface area contributed by atoms with Crippen LogP contribution < -0.4 is 4.74 Å². The molecule has 0 amide bonds. The molecule has 0 saturated heterocycles. The number of hydrogen-bond acceptors (Lipinski definition) is 5. The van der Waals surface area contributed by atoms with Gasteiger partial charge in [0, 0.05) is 26.8 Å². The van der Waals surface area contributed by atoms with E-state index in [1.807, 2.05) is 24.3 Å². The second-order valence-electron chi connectivity index (χ2n) is 7.62. The highest BCUT2D eigenvalue weighted by Crippen LogP contribution is 2.28. The van der Waals surface area contributed by atoms with E-state index in [9.17, 15) is 0 Å². The van der Waals surface area contributed by atoms with Gasteiger partial charge in [-0.1, -0.05) is 26.6 Å². The van der Waals surface area contributed by atoms with E-state index in [4.69, 9.17) is 14.5 Å². The van der Waals surface area contributed by atoms with Gasteiger partial charge in [-0.05, 0) is 23.9 Å². The lowest BCUT2D eigenvalue weighted by Gasteiger charge is -2.16. The summed E-state index contributed by atoms with van der Waals surface area (Å²) in [7, 11) is 0.552. The molecular formula is C19H28N4O2SSi. The number of aromatic nitrogens is 4. The van der Waals surface area contributed by atoms with Crippen LogP contribution in [0, 0.1) is 0 Å². The lowest BCUT2D eigenvalue weighted by atomic mass is 10.3. The van der Waals surface area contributed by atoms with Crippen molar-refractivity contribution in [2.45, 2.75) is 44.4 Å². The third-order valence-electron chi connectivity index (χ3n) is 4.26. The second-order valence-corrected chi connectivity index (χ2v) is 14.5. The summed E-state index contributed by atoms with van der Waals surface area (Å²) in [6.07, 6.45) is 0. The molecule has 3 rings (SSSR count). The number of nitrogens with zero attached hydrogens (tertiary/aromatic N) is 3. The van der Waals surface area contributed by atoms with Crippen LogP contribution in [0.3, 0.4) is 0 Å². The monoisotopic (exact) mass is 404 g/mol. The number of H-pyrrole nitrogens is 1. The van der Waals surface area contributed by atoms with Crippen molar-refractivity contribution in [3.63, 3.8) is 0 Å². The molecule has 2 aromatic heterocycles. The molecule has 1 N–H and O–H groups in total. The summed E-state index contributed by atoms with van der Waals surface area (Å²) in [5.41, 5.74) is 2.73. The van der Waals surface area contributed by atoms with Crippen LogP contribution in [0.5, 0.6) is 5.75 Å². The maximum Gasteiger partial charge on any atom is 0.163 e. The summed E-state index contributed by atoms with van der Waals surface area (Å²) >= 11 is 1.73. The Bertz CT molecular complexity index is 901. The van der Waals surface area contributed by atoms with Crippen LogP contribution in [0.2, 0.25) is 25.7 Å². The highest BCUT2D eigenvalue weighted by Gasteiger charge is 2.17.